The molecule has 0 radical (unpaired) electrons. The lowest BCUT2D eigenvalue weighted by atomic mass is 10.0. The van der Waals surface area contributed by atoms with Gasteiger partial charge in [-0.1, -0.05) is 0 Å². The van der Waals surface area contributed by atoms with E-state index in [1.807, 2.05) is 4.90 Å². The molecule has 0 aromatic rings. The fourth-order valence-corrected chi connectivity index (χ4v) is 2.76. The highest BCUT2D eigenvalue weighted by atomic mass is 19.4. The van der Waals surface area contributed by atoms with Crippen molar-refractivity contribution in [1.29, 1.82) is 0 Å². The summed E-state index contributed by atoms with van der Waals surface area (Å²) in [4.78, 5) is 22.6. The van der Waals surface area contributed by atoms with Gasteiger partial charge in [0.1, 0.15) is 0 Å². The van der Waals surface area contributed by atoms with E-state index in [1.165, 1.54) is 6.42 Å². The number of hydrogen-bond donors (Lipinski definition) is 2. The van der Waals surface area contributed by atoms with E-state index in [4.69, 9.17) is 14.6 Å². The molecule has 3 fully saturated rings. The van der Waals surface area contributed by atoms with Gasteiger partial charge < -0.3 is 20.1 Å². The van der Waals surface area contributed by atoms with Crippen molar-refractivity contribution in [1.82, 2.24) is 10.2 Å². The molecule has 3 rings (SSSR count). The molecule has 1 amide bonds. The summed E-state index contributed by atoms with van der Waals surface area (Å²) in [6.07, 6.45) is -1.68. The van der Waals surface area contributed by atoms with E-state index >= 15 is 0 Å². The maximum absolute atomic E-state index is 11.7. The summed E-state index contributed by atoms with van der Waals surface area (Å²) < 4.78 is 37.6. The number of nitrogens with zero attached hydrogens (tertiary/aromatic N) is 1. The Hall–Kier alpha value is -1.35. The zero-order valence-corrected chi connectivity index (χ0v) is 11.9. The number of carbonyl (C=O) groups excluding carboxylic acids is 1. The number of fused-ring (bicyclic) bond motifs is 1. The zero-order chi connectivity index (χ0) is 16.3. The second-order valence-electron chi connectivity index (χ2n) is 5.69. The van der Waals surface area contributed by atoms with Crippen LogP contribution in [0.4, 0.5) is 13.2 Å². The minimum atomic E-state index is -5.08. The Labute approximate surface area is 125 Å². The largest absolute Gasteiger partial charge is 0.490 e. The van der Waals surface area contributed by atoms with Crippen LogP contribution in [0.3, 0.4) is 0 Å². The number of alkyl halides is 3. The predicted octanol–water partition coefficient (Wildman–Crippen LogP) is 0.619. The lowest BCUT2D eigenvalue weighted by Gasteiger charge is -2.31. The van der Waals surface area contributed by atoms with E-state index in [2.05, 4.69) is 5.32 Å². The summed E-state index contributed by atoms with van der Waals surface area (Å²) in [6, 6.07) is 0. The van der Waals surface area contributed by atoms with Crippen LogP contribution in [0.5, 0.6) is 0 Å². The molecule has 6 nitrogen and oxygen atoms in total. The van der Waals surface area contributed by atoms with Gasteiger partial charge in [0.15, 0.2) is 0 Å². The first-order valence-corrected chi connectivity index (χ1v) is 7.21. The molecule has 22 heavy (non-hydrogen) atoms. The van der Waals surface area contributed by atoms with E-state index < -0.39 is 12.1 Å². The molecule has 3 heterocycles. The Morgan fingerprint density at radius 2 is 1.91 bits per heavy atom. The molecular weight excluding hydrogens is 305 g/mol. The number of likely N-dealkylation sites (tertiary alicyclic amines) is 1. The smallest absolute Gasteiger partial charge is 0.475 e. The van der Waals surface area contributed by atoms with Crippen molar-refractivity contribution in [3.63, 3.8) is 0 Å². The van der Waals surface area contributed by atoms with Gasteiger partial charge in [0.2, 0.25) is 5.91 Å². The van der Waals surface area contributed by atoms with Crippen molar-refractivity contribution in [3.8, 4) is 0 Å². The van der Waals surface area contributed by atoms with Gasteiger partial charge in [-0.05, 0) is 12.8 Å². The molecule has 9 heteroatoms. The number of nitrogens with one attached hydrogen (secondary N) is 1. The first kappa shape index (κ1) is 17.0. The lowest BCUT2D eigenvalue weighted by Crippen LogP contribution is -2.43. The fraction of sp³-hybridized carbons (Fsp3) is 0.846. The number of ether oxygens (including phenoxy) is 1. The van der Waals surface area contributed by atoms with Crippen LogP contribution in [0.25, 0.3) is 0 Å². The molecule has 0 aromatic heterocycles. The number of halogens is 3. The number of hydrogen-bond acceptors (Lipinski definition) is 4. The van der Waals surface area contributed by atoms with E-state index in [0.717, 1.165) is 32.6 Å². The van der Waals surface area contributed by atoms with Gasteiger partial charge in [-0.15, -0.1) is 0 Å². The predicted molar refractivity (Wildman–Crippen MR) is 69.1 cm³/mol. The first-order chi connectivity index (χ1) is 10.3. The third kappa shape index (κ3) is 4.33. The van der Waals surface area contributed by atoms with Crippen LogP contribution < -0.4 is 5.32 Å². The molecule has 0 bridgehead atoms. The number of carboxylic acid groups (broad SMARTS) is 1. The van der Waals surface area contributed by atoms with Crippen molar-refractivity contribution in [2.24, 2.45) is 5.92 Å². The average Bonchev–Trinajstić information content (AvgIpc) is 2.85. The normalized spacial score (nSPS) is 30.1. The van der Waals surface area contributed by atoms with Crippen LogP contribution in [-0.4, -0.2) is 66.4 Å². The van der Waals surface area contributed by atoms with Crippen molar-refractivity contribution in [2.75, 3.05) is 26.2 Å². The van der Waals surface area contributed by atoms with Gasteiger partial charge in [0, 0.05) is 32.1 Å². The van der Waals surface area contributed by atoms with Crippen molar-refractivity contribution >= 4 is 11.9 Å². The van der Waals surface area contributed by atoms with E-state index in [-0.39, 0.29) is 6.10 Å². The van der Waals surface area contributed by atoms with Crippen LogP contribution in [0.15, 0.2) is 0 Å². The third-order valence-electron chi connectivity index (χ3n) is 4.06. The maximum Gasteiger partial charge on any atom is 0.490 e. The molecule has 0 saturated carbocycles. The SMILES string of the molecule is O=C(C[C@@H]1C[C@H]2CNC[C@H]2O1)N1CCC1.O=C(O)C(F)(F)F. The van der Waals surface area contributed by atoms with Crippen LogP contribution in [0.2, 0.25) is 0 Å². The Morgan fingerprint density at radius 3 is 2.36 bits per heavy atom. The van der Waals surface area contributed by atoms with E-state index in [0.29, 0.717) is 24.3 Å². The molecule has 3 atom stereocenters. The summed E-state index contributed by atoms with van der Waals surface area (Å²) in [5.74, 6) is -1.81. The molecule has 0 unspecified atom stereocenters. The second-order valence-corrected chi connectivity index (χ2v) is 5.69. The summed E-state index contributed by atoms with van der Waals surface area (Å²) in [7, 11) is 0. The molecule has 2 N–H and O–H groups in total. The number of carbonyl (C=O) groups is 2. The number of amides is 1. The standard InChI is InChI=1S/C11H18N2O2.C2HF3O2/c14-11(13-2-1-3-13)5-9-4-8-6-12-7-10(8)15-9;3-2(4,5)1(6)7/h8-10,12H,1-7H2;(H,6,7)/t8-,9-,10+;/m0./s1. The Kier molecular flexibility index (Phi) is 5.28. The summed E-state index contributed by atoms with van der Waals surface area (Å²) in [5.41, 5.74) is 0. The van der Waals surface area contributed by atoms with Crippen molar-refractivity contribution in [2.45, 2.75) is 37.6 Å². The summed E-state index contributed by atoms with van der Waals surface area (Å²) >= 11 is 0. The van der Waals surface area contributed by atoms with Crippen molar-refractivity contribution in [3.05, 3.63) is 0 Å². The minimum Gasteiger partial charge on any atom is -0.475 e. The summed E-state index contributed by atoms with van der Waals surface area (Å²) in [5, 5.41) is 10.4. The van der Waals surface area contributed by atoms with Crippen molar-refractivity contribution < 1.29 is 32.6 Å². The molecule has 3 saturated heterocycles. The molecule has 126 valence electrons. The first-order valence-electron chi connectivity index (χ1n) is 7.21. The molecule has 0 aromatic carbocycles. The van der Waals surface area contributed by atoms with Crippen LogP contribution in [0.1, 0.15) is 19.3 Å². The second kappa shape index (κ2) is 6.82. The Balaban J connectivity index is 0.000000217. The van der Waals surface area contributed by atoms with Crippen LogP contribution >= 0.6 is 0 Å². The van der Waals surface area contributed by atoms with Gasteiger partial charge in [0.05, 0.1) is 18.6 Å². The topological polar surface area (TPSA) is 78.9 Å². The van der Waals surface area contributed by atoms with Gasteiger partial charge in [0.25, 0.3) is 0 Å². The molecule has 0 aliphatic carbocycles. The van der Waals surface area contributed by atoms with Crippen LogP contribution in [-0.2, 0) is 14.3 Å². The number of carboxylic acids is 1. The van der Waals surface area contributed by atoms with Gasteiger partial charge in [-0.2, -0.15) is 13.2 Å². The van der Waals surface area contributed by atoms with Gasteiger partial charge >= 0.3 is 12.1 Å². The van der Waals surface area contributed by atoms with Gasteiger partial charge in [-0.3, -0.25) is 4.79 Å². The average molecular weight is 324 g/mol. The van der Waals surface area contributed by atoms with Crippen LogP contribution in [0, 0.1) is 5.92 Å². The molecule has 0 spiro atoms. The minimum absolute atomic E-state index is 0.190. The molecule has 3 aliphatic heterocycles. The van der Waals surface area contributed by atoms with E-state index in [9.17, 15) is 18.0 Å². The number of aliphatic carboxylic acids is 1. The summed E-state index contributed by atoms with van der Waals surface area (Å²) in [6.45, 7) is 3.96. The highest BCUT2D eigenvalue weighted by molar-refractivity contribution is 5.77. The molecular formula is C13H19F3N2O4. The Morgan fingerprint density at radius 1 is 1.27 bits per heavy atom. The quantitative estimate of drug-likeness (QED) is 0.778. The zero-order valence-electron chi connectivity index (χ0n) is 11.9. The lowest BCUT2D eigenvalue weighted by molar-refractivity contribution is -0.192. The molecule has 3 aliphatic rings. The third-order valence-corrected chi connectivity index (χ3v) is 4.06. The highest BCUT2D eigenvalue weighted by Gasteiger charge is 2.40. The maximum atomic E-state index is 11.7. The van der Waals surface area contributed by atoms with E-state index in [1.54, 1.807) is 0 Å². The highest BCUT2D eigenvalue weighted by Crippen LogP contribution is 2.31. The van der Waals surface area contributed by atoms with Gasteiger partial charge in [-0.25, -0.2) is 4.79 Å². The number of rotatable bonds is 2. The Bertz CT molecular complexity index is 414. The fourth-order valence-electron chi connectivity index (χ4n) is 2.76. The monoisotopic (exact) mass is 324 g/mol.